The predicted molar refractivity (Wildman–Crippen MR) is 267 cm³/mol. The summed E-state index contributed by atoms with van der Waals surface area (Å²) in [5.74, 6) is 5.12. The summed E-state index contributed by atoms with van der Waals surface area (Å²) in [4.78, 5) is 36.2. The standard InChI is InChI=1S/C52H64N8O7S2/c61-51(58-69(65,66)41-28-47(60(62)63)50(56-33-41)54-31-34-10-14-38(15-11-34)57-68(64)24-3-4-25-68)46-17-16-39(27-48(46)67-40-26-36-18-21-53-49(36)55-32-40)59-22-19-52(20-23-59)29-37(30-52)43-8-5-9-45(43)44-7-2-1-6-42(44)35-12-13-35/h1-2,6-7,16-18,21,27-28,32-38,43,45H,3-5,8-15,19-20,22-26,29-31H2,(H,53,55)(H,54,56)(H,58,61)/t34?,36?,38?,43?,45-/m0/s1. The van der Waals surface area contributed by atoms with Crippen LogP contribution in [-0.4, -0.2) is 71.5 Å². The van der Waals surface area contributed by atoms with Crippen molar-refractivity contribution in [3.63, 3.8) is 0 Å². The number of aliphatic imine (C=N–C) groups is 1. The second-order valence-corrected chi connectivity index (χ2v) is 25.5. The van der Waals surface area contributed by atoms with Crippen LogP contribution in [0.15, 0.2) is 93.2 Å². The molecule has 4 aliphatic heterocycles. The molecule has 69 heavy (non-hydrogen) atoms. The minimum absolute atomic E-state index is 0.00104. The van der Waals surface area contributed by atoms with Gasteiger partial charge >= 0.3 is 5.69 Å². The van der Waals surface area contributed by atoms with Crippen molar-refractivity contribution in [3.8, 4) is 5.75 Å². The number of allylic oxidation sites excluding steroid dienone is 1. The van der Waals surface area contributed by atoms with Crippen LogP contribution in [0.3, 0.4) is 0 Å². The summed E-state index contributed by atoms with van der Waals surface area (Å²) < 4.78 is 53.9. The smallest absolute Gasteiger partial charge is 0.312 e. The first-order chi connectivity index (χ1) is 33.4. The number of benzene rings is 2. The van der Waals surface area contributed by atoms with E-state index < -0.39 is 41.2 Å². The number of nitrogens with zero attached hydrogens (tertiary/aromatic N) is 5. The molecule has 4 saturated carbocycles. The number of piperidine rings is 1. The maximum Gasteiger partial charge on any atom is 0.312 e. The first kappa shape index (κ1) is 46.1. The molecule has 1 amide bonds. The van der Waals surface area contributed by atoms with Crippen LogP contribution in [0.5, 0.6) is 5.75 Å². The largest absolute Gasteiger partial charge is 0.459 e. The number of hydrogen-bond donors (Lipinski definition) is 3. The summed E-state index contributed by atoms with van der Waals surface area (Å²) in [6.07, 6.45) is 23.6. The first-order valence-corrected chi connectivity index (χ1v) is 28.8. The molecular formula is C52H64N8O7S2. The highest BCUT2D eigenvalue weighted by atomic mass is 32.2. The second kappa shape index (κ2) is 18.8. The third-order valence-electron chi connectivity index (χ3n) is 16.8. The van der Waals surface area contributed by atoms with Crippen molar-refractivity contribution in [1.29, 1.82) is 0 Å². The van der Waals surface area contributed by atoms with E-state index in [0.29, 0.717) is 41.6 Å². The molecule has 1 aromatic heterocycles. The van der Waals surface area contributed by atoms with Crippen molar-refractivity contribution in [1.82, 2.24) is 15.0 Å². The van der Waals surface area contributed by atoms with Crippen LogP contribution in [0.25, 0.3) is 0 Å². The number of carbonyl (C=O) groups excluding carboxylic acids is 1. The number of fused-ring (bicyclic) bond motifs is 1. The monoisotopic (exact) mass is 976 g/mol. The summed E-state index contributed by atoms with van der Waals surface area (Å²) in [7, 11) is -6.70. The number of amidine groups is 1. The lowest BCUT2D eigenvalue weighted by Gasteiger charge is -2.55. The van der Waals surface area contributed by atoms with E-state index in [9.17, 15) is 27.5 Å². The number of aromatic nitrogens is 1. The van der Waals surface area contributed by atoms with Crippen molar-refractivity contribution < 1.29 is 27.1 Å². The van der Waals surface area contributed by atoms with Crippen LogP contribution in [0.1, 0.15) is 136 Å². The molecule has 6 fully saturated rings. The number of hydrogen-bond acceptors (Lipinski definition) is 13. The van der Waals surface area contributed by atoms with Gasteiger partial charge in [-0.15, -0.1) is 0 Å². The van der Waals surface area contributed by atoms with Crippen LogP contribution in [0, 0.1) is 39.2 Å². The van der Waals surface area contributed by atoms with E-state index in [2.05, 4.69) is 54.5 Å². The number of sulfonamides is 1. The summed E-state index contributed by atoms with van der Waals surface area (Å²) >= 11 is 0. The fourth-order valence-electron chi connectivity index (χ4n) is 12.8. The van der Waals surface area contributed by atoms with Crippen molar-refractivity contribution in [3.05, 3.63) is 106 Å². The highest BCUT2D eigenvalue weighted by molar-refractivity contribution is 7.93. The molecule has 3 N–H and O–H groups in total. The van der Waals surface area contributed by atoms with Gasteiger partial charge in [-0.05, 0) is 154 Å². The Morgan fingerprint density at radius 3 is 2.49 bits per heavy atom. The van der Waals surface area contributed by atoms with Crippen LogP contribution < -0.4 is 25.0 Å². The predicted octanol–water partition coefficient (Wildman–Crippen LogP) is 9.55. The molecule has 11 rings (SSSR count). The van der Waals surface area contributed by atoms with Gasteiger partial charge in [0.15, 0.2) is 0 Å². The molecule has 2 aromatic carbocycles. The summed E-state index contributed by atoms with van der Waals surface area (Å²) in [5, 5.41) is 18.5. The minimum atomic E-state index is -4.62. The van der Waals surface area contributed by atoms with Crippen LogP contribution in [0.2, 0.25) is 0 Å². The van der Waals surface area contributed by atoms with Gasteiger partial charge in [0.2, 0.25) is 5.82 Å². The van der Waals surface area contributed by atoms with Crippen molar-refractivity contribution in [2.75, 3.05) is 41.4 Å². The third kappa shape index (κ3) is 9.78. The average Bonchev–Trinajstić information content (AvgIpc) is 3.64. The molecule has 0 bridgehead atoms. The van der Waals surface area contributed by atoms with E-state index in [0.717, 1.165) is 106 Å². The number of ether oxygens (including phenoxy) is 1. The van der Waals surface area contributed by atoms with Gasteiger partial charge in [-0.1, -0.05) is 36.8 Å². The maximum atomic E-state index is 14.1. The normalized spacial score (nSPS) is 27.1. The van der Waals surface area contributed by atoms with Gasteiger partial charge in [0.1, 0.15) is 22.2 Å². The maximum absolute atomic E-state index is 14.1. The van der Waals surface area contributed by atoms with Gasteiger partial charge in [-0.2, -0.15) is 0 Å². The molecule has 3 atom stereocenters. The zero-order valence-electron chi connectivity index (χ0n) is 39.2. The van der Waals surface area contributed by atoms with Crippen molar-refractivity contribution >= 4 is 48.7 Å². The molecule has 17 heteroatoms. The zero-order valence-corrected chi connectivity index (χ0v) is 40.9. The van der Waals surface area contributed by atoms with Crippen LogP contribution in [0.4, 0.5) is 17.2 Å². The van der Waals surface area contributed by atoms with E-state index in [1.165, 1.54) is 44.9 Å². The Morgan fingerprint density at radius 2 is 1.74 bits per heavy atom. The Kier molecular flexibility index (Phi) is 12.6. The Hall–Kier alpha value is -5.29. The molecule has 2 unspecified atom stereocenters. The van der Waals surface area contributed by atoms with Gasteiger partial charge in [-0.25, -0.2) is 31.7 Å². The average molecular weight is 977 g/mol. The SMILES string of the molecule is O=C(NS(=O)(=O)c1cnc(NCC2CCC(N=S3(=O)CCCC3)CC2)c([N+](=O)[O-])c1)c1ccc(N2CCC3(CC2)CC(C2CCC[C@@H]2c2ccccc2C2CC2)C3)cc1OC1=CN=C2NC=CC2C1. The number of nitro groups is 1. The van der Waals surface area contributed by atoms with Gasteiger partial charge in [0.05, 0.1) is 28.9 Å². The number of rotatable bonds is 14. The van der Waals surface area contributed by atoms with Gasteiger partial charge in [0, 0.05) is 71.0 Å². The van der Waals surface area contributed by atoms with E-state index in [1.54, 1.807) is 23.4 Å². The summed E-state index contributed by atoms with van der Waals surface area (Å²) in [6.45, 7) is 2.15. The summed E-state index contributed by atoms with van der Waals surface area (Å²) in [6, 6.07) is 15.5. The molecule has 2 saturated heterocycles. The molecular weight excluding hydrogens is 913 g/mol. The lowest BCUT2D eigenvalue weighted by molar-refractivity contribution is -0.384. The molecule has 0 radical (unpaired) electrons. The number of amides is 1. The highest BCUT2D eigenvalue weighted by Gasteiger charge is 2.51. The topological polar surface area (TPSA) is 198 Å². The van der Waals surface area contributed by atoms with Gasteiger partial charge < -0.3 is 20.3 Å². The number of anilines is 2. The van der Waals surface area contributed by atoms with E-state index in [4.69, 9.17) is 9.10 Å². The van der Waals surface area contributed by atoms with Crippen molar-refractivity contribution in [2.45, 2.75) is 126 Å². The molecule has 366 valence electrons. The fraction of sp³-hybridized carbons (Fsp3) is 0.558. The van der Waals surface area contributed by atoms with Crippen molar-refractivity contribution in [2.24, 2.45) is 38.4 Å². The van der Waals surface area contributed by atoms with E-state index >= 15 is 0 Å². The Bertz CT molecular complexity index is 2820. The highest BCUT2D eigenvalue weighted by Crippen LogP contribution is 2.61. The Balaban J connectivity index is 0.753. The van der Waals surface area contributed by atoms with Crippen LogP contribution >= 0.6 is 0 Å². The third-order valence-corrected chi connectivity index (χ3v) is 20.6. The zero-order chi connectivity index (χ0) is 47.3. The molecule has 5 heterocycles. The molecule has 1 spiro atoms. The van der Waals surface area contributed by atoms with E-state index in [1.807, 2.05) is 24.4 Å². The quantitative estimate of drug-likeness (QED) is 0.103. The molecule has 8 aliphatic rings. The van der Waals surface area contributed by atoms with Gasteiger partial charge in [-0.3, -0.25) is 14.9 Å². The number of pyridine rings is 1. The molecule has 3 aromatic rings. The Morgan fingerprint density at radius 1 is 0.971 bits per heavy atom. The number of nitrogens with one attached hydrogen (secondary N) is 3. The van der Waals surface area contributed by atoms with Gasteiger partial charge in [0.25, 0.3) is 15.9 Å². The lowest BCUT2D eigenvalue weighted by Crippen LogP contribution is -2.49. The second-order valence-electron chi connectivity index (χ2n) is 21.2. The van der Waals surface area contributed by atoms with Crippen LogP contribution in [-0.2, 0) is 19.8 Å². The fourth-order valence-corrected chi connectivity index (χ4v) is 16.2. The molecule has 4 aliphatic carbocycles. The summed E-state index contributed by atoms with van der Waals surface area (Å²) in [5.41, 5.74) is 3.98. The van der Waals surface area contributed by atoms with E-state index in [-0.39, 0.29) is 35.0 Å². The Labute approximate surface area is 405 Å². The lowest BCUT2D eigenvalue weighted by atomic mass is 9.53. The number of carbonyl (C=O) groups is 1. The first-order valence-electron chi connectivity index (χ1n) is 25.4. The minimum Gasteiger partial charge on any atom is -0.459 e. The molecule has 15 nitrogen and oxygen atoms in total.